The third-order valence-corrected chi connectivity index (χ3v) is 6.33. The second-order valence-electron chi connectivity index (χ2n) is 8.95. The lowest BCUT2D eigenvalue weighted by Gasteiger charge is -2.27. The van der Waals surface area contributed by atoms with E-state index in [0.29, 0.717) is 35.7 Å². The summed E-state index contributed by atoms with van der Waals surface area (Å²) in [6.45, 7) is 0.428. The van der Waals surface area contributed by atoms with Gasteiger partial charge in [0.2, 0.25) is 5.91 Å². The Balaban J connectivity index is 1.47. The monoisotopic (exact) mass is 474 g/mol. The molecule has 2 atom stereocenters. The summed E-state index contributed by atoms with van der Waals surface area (Å²) in [4.78, 5) is 29.4. The van der Waals surface area contributed by atoms with Crippen molar-refractivity contribution in [3.8, 4) is 6.07 Å². The lowest BCUT2D eigenvalue weighted by molar-refractivity contribution is -0.123. The minimum atomic E-state index is -0.799. The van der Waals surface area contributed by atoms with E-state index in [4.69, 9.17) is 9.15 Å². The zero-order valence-electron chi connectivity index (χ0n) is 19.6. The van der Waals surface area contributed by atoms with Crippen LogP contribution in [0.5, 0.6) is 0 Å². The molecule has 4 rings (SSSR count). The van der Waals surface area contributed by atoms with Crippen LogP contribution in [0, 0.1) is 17.2 Å². The van der Waals surface area contributed by atoms with Crippen molar-refractivity contribution in [2.24, 2.45) is 5.92 Å². The van der Waals surface area contributed by atoms with Crippen LogP contribution in [0.3, 0.4) is 0 Å². The van der Waals surface area contributed by atoms with Gasteiger partial charge < -0.3 is 19.8 Å². The summed E-state index contributed by atoms with van der Waals surface area (Å²) in [7, 11) is 0. The first-order chi connectivity index (χ1) is 17.1. The normalized spacial score (nSPS) is 15.7. The average molecular weight is 475 g/mol. The average Bonchev–Trinajstić information content (AvgIpc) is 2.88. The number of benzene rings is 2. The molecular weight excluding hydrogens is 444 g/mol. The number of fused-ring (bicyclic) bond motifs is 1. The fourth-order valence-electron chi connectivity index (χ4n) is 4.53. The first-order valence-corrected chi connectivity index (χ1v) is 12.1. The van der Waals surface area contributed by atoms with E-state index in [1.807, 2.05) is 36.4 Å². The van der Waals surface area contributed by atoms with Crippen molar-refractivity contribution < 1.29 is 13.9 Å². The minimum Gasteiger partial charge on any atom is -0.408 e. The molecule has 0 saturated heterocycles. The Morgan fingerprint density at radius 3 is 2.63 bits per heavy atom. The van der Waals surface area contributed by atoms with Crippen molar-refractivity contribution in [1.82, 2.24) is 10.3 Å². The molecule has 2 N–H and O–H groups in total. The summed E-state index contributed by atoms with van der Waals surface area (Å²) >= 11 is 0. The number of carbonyl (C=O) groups excluding carboxylic acids is 1. The van der Waals surface area contributed by atoms with Crippen molar-refractivity contribution in [2.45, 2.75) is 57.2 Å². The van der Waals surface area contributed by atoms with E-state index < -0.39 is 17.8 Å². The van der Waals surface area contributed by atoms with E-state index in [1.54, 1.807) is 18.2 Å². The maximum absolute atomic E-state index is 13.3. The number of para-hydroxylation sites is 1. The SMILES string of the molecule is N#CC(COCc1ccccc1)NC(=O)C(CC1CCCCC1)Nc1nc(=O)oc2ccccc12. The van der Waals surface area contributed by atoms with E-state index in [1.165, 1.54) is 6.42 Å². The third kappa shape index (κ3) is 6.90. The summed E-state index contributed by atoms with van der Waals surface area (Å²) < 4.78 is 10.9. The third-order valence-electron chi connectivity index (χ3n) is 6.33. The Morgan fingerprint density at radius 1 is 1.11 bits per heavy atom. The van der Waals surface area contributed by atoms with E-state index in [-0.39, 0.29) is 12.5 Å². The van der Waals surface area contributed by atoms with Gasteiger partial charge in [-0.25, -0.2) is 4.79 Å². The second-order valence-corrected chi connectivity index (χ2v) is 8.95. The van der Waals surface area contributed by atoms with Crippen LogP contribution >= 0.6 is 0 Å². The zero-order valence-corrected chi connectivity index (χ0v) is 19.6. The van der Waals surface area contributed by atoms with Crippen LogP contribution in [-0.2, 0) is 16.1 Å². The molecular formula is C27H30N4O4. The van der Waals surface area contributed by atoms with Gasteiger partial charge in [-0.3, -0.25) is 4.79 Å². The van der Waals surface area contributed by atoms with Gasteiger partial charge >= 0.3 is 5.76 Å². The van der Waals surface area contributed by atoms with E-state index in [2.05, 4.69) is 21.7 Å². The van der Waals surface area contributed by atoms with Crippen molar-refractivity contribution in [3.63, 3.8) is 0 Å². The summed E-state index contributed by atoms with van der Waals surface area (Å²) in [6, 6.07) is 17.4. The van der Waals surface area contributed by atoms with Crippen molar-refractivity contribution >= 4 is 22.7 Å². The van der Waals surface area contributed by atoms with Crippen molar-refractivity contribution in [2.75, 3.05) is 11.9 Å². The molecule has 1 fully saturated rings. The van der Waals surface area contributed by atoms with Crippen molar-refractivity contribution in [3.05, 3.63) is 70.7 Å². The number of carbonyl (C=O) groups is 1. The Morgan fingerprint density at radius 2 is 1.86 bits per heavy atom. The topological polar surface area (TPSA) is 117 Å². The van der Waals surface area contributed by atoms with Gasteiger partial charge in [0.25, 0.3) is 0 Å². The predicted octanol–water partition coefficient (Wildman–Crippen LogP) is 4.16. The van der Waals surface area contributed by atoms with Gasteiger partial charge in [0.1, 0.15) is 23.5 Å². The number of hydrogen-bond donors (Lipinski definition) is 2. The highest BCUT2D eigenvalue weighted by molar-refractivity contribution is 5.91. The highest BCUT2D eigenvalue weighted by atomic mass is 16.5. The number of nitrogens with one attached hydrogen (secondary N) is 2. The maximum atomic E-state index is 13.3. The Hall–Kier alpha value is -3.70. The van der Waals surface area contributed by atoms with Crippen LogP contribution < -0.4 is 16.4 Å². The van der Waals surface area contributed by atoms with Crippen LogP contribution in [0.25, 0.3) is 11.0 Å². The highest BCUT2D eigenvalue weighted by Gasteiger charge is 2.27. The van der Waals surface area contributed by atoms with Gasteiger partial charge in [-0.1, -0.05) is 74.6 Å². The quantitative estimate of drug-likeness (QED) is 0.453. The number of hydrogen-bond acceptors (Lipinski definition) is 7. The standard InChI is InChI=1S/C27H30N4O4/c28-16-21(18-34-17-20-11-5-2-6-12-20)29-26(32)23(15-19-9-3-1-4-10-19)30-25-22-13-7-8-14-24(22)35-27(33)31-25/h2,5-8,11-14,19,21,23H,1,3-4,9-10,15,17-18H2,(H,29,32)(H,30,31,33). The molecule has 0 aliphatic heterocycles. The van der Waals surface area contributed by atoms with Crippen LogP contribution in [0.4, 0.5) is 5.82 Å². The molecule has 3 aromatic rings. The van der Waals surface area contributed by atoms with Gasteiger partial charge in [-0.05, 0) is 30.0 Å². The maximum Gasteiger partial charge on any atom is 0.441 e. The van der Waals surface area contributed by atoms with Gasteiger partial charge in [0.05, 0.1) is 24.7 Å². The Labute approximate surface area is 204 Å². The number of nitrogens with zero attached hydrogens (tertiary/aromatic N) is 2. The zero-order chi connectivity index (χ0) is 24.5. The molecule has 2 unspecified atom stereocenters. The molecule has 1 aromatic heterocycles. The van der Waals surface area contributed by atoms with E-state index in [9.17, 15) is 14.9 Å². The molecule has 1 saturated carbocycles. The fraction of sp³-hybridized carbons (Fsp3) is 0.407. The molecule has 35 heavy (non-hydrogen) atoms. The molecule has 8 heteroatoms. The van der Waals surface area contributed by atoms with Crippen LogP contribution in [0.15, 0.2) is 63.8 Å². The highest BCUT2D eigenvalue weighted by Crippen LogP contribution is 2.29. The van der Waals surface area contributed by atoms with Gasteiger partial charge in [-0.15, -0.1) is 0 Å². The van der Waals surface area contributed by atoms with Gasteiger partial charge in [0, 0.05) is 0 Å². The number of amides is 1. The van der Waals surface area contributed by atoms with E-state index >= 15 is 0 Å². The number of anilines is 1. The summed E-state index contributed by atoms with van der Waals surface area (Å²) in [5, 5.41) is 16.2. The molecule has 0 bridgehead atoms. The predicted molar refractivity (Wildman–Crippen MR) is 133 cm³/mol. The van der Waals surface area contributed by atoms with Crippen molar-refractivity contribution in [1.29, 1.82) is 5.26 Å². The summed E-state index contributed by atoms with van der Waals surface area (Å²) in [5.41, 5.74) is 1.39. The molecule has 8 nitrogen and oxygen atoms in total. The fourth-order valence-corrected chi connectivity index (χ4v) is 4.53. The number of ether oxygens (including phenoxy) is 1. The molecule has 2 aromatic carbocycles. The lowest BCUT2D eigenvalue weighted by Crippen LogP contribution is -2.47. The van der Waals surface area contributed by atoms with E-state index in [0.717, 1.165) is 31.2 Å². The van der Waals surface area contributed by atoms with Gasteiger partial charge in [0.15, 0.2) is 0 Å². The largest absolute Gasteiger partial charge is 0.441 e. The number of rotatable bonds is 10. The molecule has 0 spiro atoms. The summed E-state index contributed by atoms with van der Waals surface area (Å²) in [6.07, 6.45) is 6.19. The molecule has 0 radical (unpaired) electrons. The molecule has 1 amide bonds. The van der Waals surface area contributed by atoms with Gasteiger partial charge in [-0.2, -0.15) is 10.2 Å². The molecule has 1 aliphatic carbocycles. The number of aromatic nitrogens is 1. The Kier molecular flexibility index (Phi) is 8.47. The van der Waals surface area contributed by atoms with Crippen LogP contribution in [0.2, 0.25) is 0 Å². The lowest BCUT2D eigenvalue weighted by atomic mass is 9.84. The molecule has 182 valence electrons. The molecule has 1 heterocycles. The number of nitriles is 1. The summed E-state index contributed by atoms with van der Waals surface area (Å²) in [5.74, 6) is -0.355. The first kappa shape index (κ1) is 24.4. The second kappa shape index (κ2) is 12.1. The van der Waals surface area contributed by atoms with Crippen LogP contribution in [0.1, 0.15) is 44.1 Å². The Bertz CT molecular complexity index is 1220. The van der Waals surface area contributed by atoms with Crippen LogP contribution in [-0.4, -0.2) is 29.6 Å². The molecule has 1 aliphatic rings. The first-order valence-electron chi connectivity index (χ1n) is 12.1. The minimum absolute atomic E-state index is 0.0728. The smallest absolute Gasteiger partial charge is 0.408 e.